The van der Waals surface area contributed by atoms with Gasteiger partial charge in [0, 0.05) is 25.5 Å². The van der Waals surface area contributed by atoms with Crippen LogP contribution in [0.25, 0.3) is 0 Å². The quantitative estimate of drug-likeness (QED) is 0.645. The molecule has 0 saturated carbocycles. The molecule has 0 aliphatic carbocycles. The van der Waals surface area contributed by atoms with E-state index < -0.39 is 28.1 Å². The number of pyridine rings is 1. The number of amides is 2. The van der Waals surface area contributed by atoms with Crippen LogP contribution in [0.15, 0.2) is 46.2 Å². The zero-order chi connectivity index (χ0) is 20.0. The number of nitrogens with zero attached hydrogens (tertiary/aromatic N) is 2. The largest absolute Gasteiger partial charge is 0.360 e. The summed E-state index contributed by atoms with van der Waals surface area (Å²) < 4.78 is 32.5. The lowest BCUT2D eigenvalue weighted by Gasteiger charge is -2.34. The van der Waals surface area contributed by atoms with E-state index >= 15 is 0 Å². The zero-order valence-electron chi connectivity index (χ0n) is 14.9. The van der Waals surface area contributed by atoms with Crippen LogP contribution in [-0.2, 0) is 30.9 Å². The van der Waals surface area contributed by atoms with Gasteiger partial charge in [-0.25, -0.2) is 8.42 Å². The first kappa shape index (κ1) is 20.4. The van der Waals surface area contributed by atoms with E-state index in [0.29, 0.717) is 13.0 Å². The Bertz CT molecular complexity index is 903. The SMILES string of the molecule is O=C(NCc1cccnc1)C(=O)NC[C@@H]1OCCCN1S(=O)(=O)c1cccs1. The van der Waals surface area contributed by atoms with Gasteiger partial charge in [0.05, 0.1) is 13.2 Å². The van der Waals surface area contributed by atoms with Gasteiger partial charge < -0.3 is 15.4 Å². The number of rotatable bonds is 6. The predicted octanol–water partition coefficient (Wildman–Crippen LogP) is 0.313. The molecule has 2 N–H and O–H groups in total. The van der Waals surface area contributed by atoms with E-state index in [1.54, 1.807) is 36.0 Å². The van der Waals surface area contributed by atoms with Gasteiger partial charge in [0.15, 0.2) is 0 Å². The van der Waals surface area contributed by atoms with Crippen LogP contribution in [0.2, 0.25) is 0 Å². The van der Waals surface area contributed by atoms with Gasteiger partial charge in [-0.05, 0) is 29.5 Å². The van der Waals surface area contributed by atoms with Crippen molar-refractivity contribution in [2.75, 3.05) is 19.7 Å². The molecule has 2 aromatic rings. The molecule has 11 heteroatoms. The molecule has 2 amide bonds. The van der Waals surface area contributed by atoms with Crippen molar-refractivity contribution in [1.82, 2.24) is 19.9 Å². The van der Waals surface area contributed by atoms with Crippen molar-refractivity contribution in [3.63, 3.8) is 0 Å². The second-order valence-corrected chi connectivity index (χ2v) is 9.05. The fraction of sp³-hybridized carbons (Fsp3) is 0.353. The summed E-state index contributed by atoms with van der Waals surface area (Å²) in [4.78, 5) is 27.9. The zero-order valence-corrected chi connectivity index (χ0v) is 16.5. The predicted molar refractivity (Wildman–Crippen MR) is 102 cm³/mol. The van der Waals surface area contributed by atoms with Crippen molar-refractivity contribution in [2.24, 2.45) is 0 Å². The van der Waals surface area contributed by atoms with Crippen molar-refractivity contribution in [2.45, 2.75) is 23.4 Å². The van der Waals surface area contributed by atoms with Gasteiger partial charge in [0.1, 0.15) is 10.4 Å². The van der Waals surface area contributed by atoms with Gasteiger partial charge in [-0.3, -0.25) is 14.6 Å². The molecule has 28 heavy (non-hydrogen) atoms. The molecule has 0 bridgehead atoms. The Labute approximate surface area is 166 Å². The van der Waals surface area contributed by atoms with Crippen LogP contribution in [-0.4, -0.2) is 55.4 Å². The maximum Gasteiger partial charge on any atom is 0.309 e. The van der Waals surface area contributed by atoms with E-state index in [4.69, 9.17) is 4.74 Å². The van der Waals surface area contributed by atoms with E-state index in [2.05, 4.69) is 15.6 Å². The molecule has 150 valence electrons. The summed E-state index contributed by atoms with van der Waals surface area (Å²) in [5.41, 5.74) is 0.757. The highest BCUT2D eigenvalue weighted by molar-refractivity contribution is 7.91. The highest BCUT2D eigenvalue weighted by Gasteiger charge is 2.35. The highest BCUT2D eigenvalue weighted by Crippen LogP contribution is 2.25. The number of nitrogens with one attached hydrogen (secondary N) is 2. The number of hydrogen-bond donors (Lipinski definition) is 2. The first-order valence-corrected chi connectivity index (χ1v) is 10.9. The van der Waals surface area contributed by atoms with E-state index in [-0.39, 0.29) is 23.8 Å². The van der Waals surface area contributed by atoms with Gasteiger partial charge in [-0.2, -0.15) is 4.31 Å². The molecule has 1 aliphatic heterocycles. The number of ether oxygens (including phenoxy) is 1. The van der Waals surface area contributed by atoms with E-state index in [1.165, 1.54) is 10.4 Å². The van der Waals surface area contributed by atoms with Crippen LogP contribution < -0.4 is 10.6 Å². The first-order chi connectivity index (χ1) is 13.5. The number of thiophene rings is 1. The number of carbonyl (C=O) groups is 2. The molecule has 9 nitrogen and oxygen atoms in total. The van der Waals surface area contributed by atoms with Crippen molar-refractivity contribution in [3.05, 3.63) is 47.6 Å². The fourth-order valence-electron chi connectivity index (χ4n) is 2.65. The molecule has 0 unspecified atom stereocenters. The maximum absolute atomic E-state index is 12.8. The van der Waals surface area contributed by atoms with E-state index in [0.717, 1.165) is 16.9 Å². The third-order valence-electron chi connectivity index (χ3n) is 4.03. The summed E-state index contributed by atoms with van der Waals surface area (Å²) in [5.74, 6) is -1.67. The minimum absolute atomic E-state index is 0.121. The summed E-state index contributed by atoms with van der Waals surface area (Å²) in [6.45, 7) is 0.709. The van der Waals surface area contributed by atoms with Crippen molar-refractivity contribution < 1.29 is 22.7 Å². The Balaban J connectivity index is 1.55. The lowest BCUT2D eigenvalue weighted by atomic mass is 10.3. The highest BCUT2D eigenvalue weighted by atomic mass is 32.2. The number of aromatic nitrogens is 1. The van der Waals surface area contributed by atoms with Crippen LogP contribution >= 0.6 is 11.3 Å². The molecular formula is C17H20N4O5S2. The second-order valence-electron chi connectivity index (χ2n) is 5.98. The first-order valence-electron chi connectivity index (χ1n) is 8.60. The molecular weight excluding hydrogens is 404 g/mol. The normalized spacial score (nSPS) is 17.8. The summed E-state index contributed by atoms with van der Waals surface area (Å²) in [7, 11) is -3.71. The molecule has 1 saturated heterocycles. The van der Waals surface area contributed by atoms with Crippen LogP contribution in [0.3, 0.4) is 0 Å². The summed E-state index contributed by atoms with van der Waals surface area (Å²) in [5, 5.41) is 6.61. The molecule has 0 aromatic carbocycles. The van der Waals surface area contributed by atoms with Crippen LogP contribution in [0, 0.1) is 0 Å². The summed E-state index contributed by atoms with van der Waals surface area (Å²) >= 11 is 1.12. The van der Waals surface area contributed by atoms with E-state index in [9.17, 15) is 18.0 Å². The molecule has 3 heterocycles. The molecule has 0 spiro atoms. The van der Waals surface area contributed by atoms with Crippen LogP contribution in [0.1, 0.15) is 12.0 Å². The van der Waals surface area contributed by atoms with Crippen LogP contribution in [0.4, 0.5) is 0 Å². The molecule has 1 fully saturated rings. The lowest BCUT2D eigenvalue weighted by molar-refractivity contribution is -0.140. The number of sulfonamides is 1. The number of carbonyl (C=O) groups excluding carboxylic acids is 2. The minimum atomic E-state index is -3.71. The minimum Gasteiger partial charge on any atom is -0.360 e. The van der Waals surface area contributed by atoms with Gasteiger partial charge in [0.25, 0.3) is 10.0 Å². The Morgan fingerprint density at radius 1 is 1.25 bits per heavy atom. The van der Waals surface area contributed by atoms with Crippen molar-refractivity contribution in [3.8, 4) is 0 Å². The topological polar surface area (TPSA) is 118 Å². The molecule has 1 aliphatic rings. The lowest BCUT2D eigenvalue weighted by Crippen LogP contribution is -2.52. The monoisotopic (exact) mass is 424 g/mol. The Hall–Kier alpha value is -2.34. The van der Waals surface area contributed by atoms with Crippen LogP contribution in [0.5, 0.6) is 0 Å². The number of hydrogen-bond acceptors (Lipinski definition) is 7. The molecule has 3 rings (SSSR count). The second kappa shape index (κ2) is 9.24. The fourth-order valence-corrected chi connectivity index (χ4v) is 5.34. The van der Waals surface area contributed by atoms with Gasteiger partial charge in [0.2, 0.25) is 0 Å². The van der Waals surface area contributed by atoms with E-state index in [1.807, 2.05) is 0 Å². The average Bonchev–Trinajstić information content (AvgIpc) is 3.27. The van der Waals surface area contributed by atoms with Crippen molar-refractivity contribution >= 4 is 33.2 Å². The summed E-state index contributed by atoms with van der Waals surface area (Å²) in [6.07, 6.45) is 2.89. The third-order valence-corrected chi connectivity index (χ3v) is 7.29. The Kier molecular flexibility index (Phi) is 6.73. The van der Waals surface area contributed by atoms with Crippen molar-refractivity contribution in [1.29, 1.82) is 0 Å². The Morgan fingerprint density at radius 2 is 2.07 bits per heavy atom. The summed E-state index contributed by atoms with van der Waals surface area (Å²) in [6, 6.07) is 6.68. The van der Waals surface area contributed by atoms with Gasteiger partial charge in [-0.1, -0.05) is 12.1 Å². The molecule has 2 aromatic heterocycles. The third kappa shape index (κ3) is 4.93. The van der Waals surface area contributed by atoms with Gasteiger partial charge >= 0.3 is 11.8 Å². The van der Waals surface area contributed by atoms with Gasteiger partial charge in [-0.15, -0.1) is 11.3 Å². The molecule has 1 atom stereocenters. The Morgan fingerprint density at radius 3 is 2.79 bits per heavy atom. The maximum atomic E-state index is 12.8. The average molecular weight is 425 g/mol. The smallest absolute Gasteiger partial charge is 0.309 e. The standard InChI is InChI=1S/C17H20N4O5S2/c22-16(19-11-13-4-1-6-18-10-13)17(23)20-12-14-21(7-3-8-26-14)28(24,25)15-5-2-9-27-15/h1-2,4-6,9-10,14H,3,7-8,11-12H2,(H,19,22)(H,20,23)/t14-/m0/s1. The molecule has 0 radical (unpaired) electrons.